The maximum atomic E-state index is 13.3. The highest BCUT2D eigenvalue weighted by Crippen LogP contribution is 2.40. The quantitative estimate of drug-likeness (QED) is 0.390. The first-order valence-corrected chi connectivity index (χ1v) is 10.2. The number of hydrogen-bond acceptors (Lipinski definition) is 5. The first-order chi connectivity index (χ1) is 14.8. The average Bonchev–Trinajstić information content (AvgIpc) is 2.99. The van der Waals surface area contributed by atoms with Crippen LogP contribution in [0, 0.1) is 5.82 Å². The van der Waals surface area contributed by atoms with Crippen molar-refractivity contribution in [3.8, 4) is 5.75 Å². The molecule has 1 atom stereocenters. The van der Waals surface area contributed by atoms with Crippen molar-refractivity contribution < 1.29 is 28.6 Å². The summed E-state index contributed by atoms with van der Waals surface area (Å²) >= 11 is 0. The van der Waals surface area contributed by atoms with Crippen molar-refractivity contribution in [2.24, 2.45) is 0 Å². The molecule has 1 aliphatic rings. The number of carbonyl (C=O) groups is 2. The van der Waals surface area contributed by atoms with E-state index in [1.807, 2.05) is 20.8 Å². The van der Waals surface area contributed by atoms with Crippen LogP contribution in [0.15, 0.2) is 54.1 Å². The second-order valence-corrected chi connectivity index (χ2v) is 7.42. The summed E-state index contributed by atoms with van der Waals surface area (Å²) in [5.74, 6) is -1.74. The molecule has 2 aromatic carbocycles. The van der Waals surface area contributed by atoms with E-state index in [4.69, 9.17) is 9.47 Å². The van der Waals surface area contributed by atoms with Gasteiger partial charge < -0.3 is 19.5 Å². The molecule has 164 valence electrons. The van der Waals surface area contributed by atoms with Crippen LogP contribution in [-0.4, -0.2) is 47.6 Å². The summed E-state index contributed by atoms with van der Waals surface area (Å²) in [6.07, 6.45) is -0.0317. The third kappa shape index (κ3) is 4.94. The molecule has 1 unspecified atom stereocenters. The van der Waals surface area contributed by atoms with Gasteiger partial charge in [-0.15, -0.1) is 0 Å². The van der Waals surface area contributed by atoms with Crippen LogP contribution in [0.3, 0.4) is 0 Å². The molecule has 1 heterocycles. The number of ketones is 1. The van der Waals surface area contributed by atoms with Crippen LogP contribution in [0.5, 0.6) is 5.75 Å². The molecule has 1 amide bonds. The van der Waals surface area contributed by atoms with Gasteiger partial charge in [-0.05, 0) is 62.7 Å². The number of carbonyl (C=O) groups excluding carboxylic acids is 2. The summed E-state index contributed by atoms with van der Waals surface area (Å²) in [5, 5.41) is 10.9. The number of ether oxygens (including phenoxy) is 2. The van der Waals surface area contributed by atoms with Crippen molar-refractivity contribution in [3.05, 3.63) is 71.0 Å². The Bertz CT molecular complexity index is 984. The molecular formula is C24H26FNO5. The lowest BCUT2D eigenvalue weighted by atomic mass is 9.95. The second kappa shape index (κ2) is 9.75. The van der Waals surface area contributed by atoms with Crippen LogP contribution in [0.2, 0.25) is 0 Å². The third-order valence-corrected chi connectivity index (χ3v) is 4.93. The summed E-state index contributed by atoms with van der Waals surface area (Å²) < 4.78 is 24.5. The highest BCUT2D eigenvalue weighted by Gasteiger charge is 2.46. The Morgan fingerprint density at radius 2 is 1.87 bits per heavy atom. The molecule has 2 aromatic rings. The molecule has 7 heteroatoms. The molecular weight excluding hydrogens is 401 g/mol. The van der Waals surface area contributed by atoms with Gasteiger partial charge >= 0.3 is 0 Å². The van der Waals surface area contributed by atoms with Gasteiger partial charge in [0, 0.05) is 12.1 Å². The van der Waals surface area contributed by atoms with E-state index in [2.05, 4.69) is 0 Å². The van der Waals surface area contributed by atoms with Crippen molar-refractivity contribution in [1.82, 2.24) is 4.90 Å². The number of aliphatic hydroxyl groups is 1. The standard InChI is InChI=1S/C24H26FNO5/c1-4-30-19-7-5-6-17(14-19)21-20(22(27)16-8-10-18(25)11-9-16)23(28)24(29)26(21)12-13-31-15(2)3/h5-11,14-15,21,27H,4,12-13H2,1-3H3/b22-20-. The predicted molar refractivity (Wildman–Crippen MR) is 114 cm³/mol. The van der Waals surface area contributed by atoms with E-state index < -0.39 is 23.5 Å². The van der Waals surface area contributed by atoms with E-state index in [0.29, 0.717) is 17.9 Å². The Morgan fingerprint density at radius 1 is 1.16 bits per heavy atom. The van der Waals surface area contributed by atoms with Crippen LogP contribution in [0.25, 0.3) is 5.76 Å². The van der Waals surface area contributed by atoms with Gasteiger partial charge in [0.2, 0.25) is 0 Å². The largest absolute Gasteiger partial charge is 0.507 e. The minimum atomic E-state index is -0.818. The zero-order chi connectivity index (χ0) is 22.5. The Hall–Kier alpha value is -3.19. The minimum absolute atomic E-state index is 0.0317. The van der Waals surface area contributed by atoms with Crippen LogP contribution in [-0.2, 0) is 14.3 Å². The maximum absolute atomic E-state index is 13.3. The number of halogens is 1. The first-order valence-electron chi connectivity index (χ1n) is 10.2. The fraction of sp³-hybridized carbons (Fsp3) is 0.333. The van der Waals surface area contributed by atoms with E-state index in [9.17, 15) is 19.1 Å². The summed E-state index contributed by atoms with van der Waals surface area (Å²) in [5.41, 5.74) is 0.831. The summed E-state index contributed by atoms with van der Waals surface area (Å²) in [4.78, 5) is 27.2. The van der Waals surface area contributed by atoms with Gasteiger partial charge in [-0.1, -0.05) is 12.1 Å². The summed E-state index contributed by atoms with van der Waals surface area (Å²) in [7, 11) is 0. The number of likely N-dealkylation sites (tertiary alicyclic amines) is 1. The molecule has 0 radical (unpaired) electrons. The zero-order valence-corrected chi connectivity index (χ0v) is 17.8. The maximum Gasteiger partial charge on any atom is 0.295 e. The number of Topliss-reactive ketones (excluding diaryl/α,β-unsaturated/α-hetero) is 1. The van der Waals surface area contributed by atoms with Gasteiger partial charge in [-0.3, -0.25) is 9.59 Å². The molecule has 1 aliphatic heterocycles. The Labute approximate surface area is 180 Å². The van der Waals surface area contributed by atoms with Crippen LogP contribution < -0.4 is 4.74 Å². The van der Waals surface area contributed by atoms with Crippen LogP contribution >= 0.6 is 0 Å². The van der Waals surface area contributed by atoms with E-state index in [1.54, 1.807) is 24.3 Å². The molecule has 1 N–H and O–H groups in total. The fourth-order valence-corrected chi connectivity index (χ4v) is 3.55. The predicted octanol–water partition coefficient (Wildman–Crippen LogP) is 4.07. The Balaban J connectivity index is 2.09. The molecule has 31 heavy (non-hydrogen) atoms. The fourth-order valence-electron chi connectivity index (χ4n) is 3.55. The summed E-state index contributed by atoms with van der Waals surface area (Å²) in [6, 6.07) is 11.4. The van der Waals surface area contributed by atoms with Crippen molar-refractivity contribution in [3.63, 3.8) is 0 Å². The highest BCUT2D eigenvalue weighted by molar-refractivity contribution is 6.46. The first kappa shape index (κ1) is 22.5. The molecule has 0 aromatic heterocycles. The van der Waals surface area contributed by atoms with E-state index in [0.717, 1.165) is 0 Å². The van der Waals surface area contributed by atoms with Gasteiger partial charge in [0.05, 0.1) is 30.9 Å². The van der Waals surface area contributed by atoms with Crippen molar-refractivity contribution in [2.45, 2.75) is 32.9 Å². The number of nitrogens with zero attached hydrogens (tertiary/aromatic N) is 1. The minimum Gasteiger partial charge on any atom is -0.507 e. The molecule has 0 aliphatic carbocycles. The van der Waals surface area contributed by atoms with Crippen LogP contribution in [0.4, 0.5) is 4.39 Å². The van der Waals surface area contributed by atoms with E-state index >= 15 is 0 Å². The molecule has 1 fully saturated rings. The smallest absolute Gasteiger partial charge is 0.295 e. The molecule has 6 nitrogen and oxygen atoms in total. The van der Waals surface area contributed by atoms with Crippen molar-refractivity contribution in [1.29, 1.82) is 0 Å². The SMILES string of the molecule is CCOc1cccc(C2/C(=C(/O)c3ccc(F)cc3)C(=O)C(=O)N2CCOC(C)C)c1. The van der Waals surface area contributed by atoms with Crippen LogP contribution in [0.1, 0.15) is 37.9 Å². The van der Waals surface area contributed by atoms with E-state index in [1.165, 1.54) is 29.2 Å². The topological polar surface area (TPSA) is 76.1 Å². The number of aliphatic hydroxyl groups excluding tert-OH is 1. The Kier molecular flexibility index (Phi) is 7.07. The molecule has 0 spiro atoms. The number of rotatable bonds is 8. The van der Waals surface area contributed by atoms with Gasteiger partial charge in [0.1, 0.15) is 17.3 Å². The normalized spacial score (nSPS) is 18.1. The zero-order valence-electron chi connectivity index (χ0n) is 17.8. The summed E-state index contributed by atoms with van der Waals surface area (Å²) in [6.45, 7) is 6.49. The molecule has 0 saturated carbocycles. The second-order valence-electron chi connectivity index (χ2n) is 7.42. The monoisotopic (exact) mass is 427 g/mol. The van der Waals surface area contributed by atoms with Gasteiger partial charge in [0.15, 0.2) is 0 Å². The van der Waals surface area contributed by atoms with Gasteiger partial charge in [0.25, 0.3) is 11.7 Å². The van der Waals surface area contributed by atoms with Crippen molar-refractivity contribution >= 4 is 17.4 Å². The van der Waals surface area contributed by atoms with Gasteiger partial charge in [-0.25, -0.2) is 4.39 Å². The lowest BCUT2D eigenvalue weighted by molar-refractivity contribution is -0.140. The number of amides is 1. The van der Waals surface area contributed by atoms with Gasteiger partial charge in [-0.2, -0.15) is 0 Å². The lowest BCUT2D eigenvalue weighted by Crippen LogP contribution is -2.33. The third-order valence-electron chi connectivity index (χ3n) is 4.93. The molecule has 1 saturated heterocycles. The number of hydrogen-bond donors (Lipinski definition) is 1. The molecule has 3 rings (SSSR count). The Morgan fingerprint density at radius 3 is 2.52 bits per heavy atom. The number of benzene rings is 2. The highest BCUT2D eigenvalue weighted by atomic mass is 19.1. The lowest BCUT2D eigenvalue weighted by Gasteiger charge is -2.26. The molecule has 0 bridgehead atoms. The van der Waals surface area contributed by atoms with Crippen molar-refractivity contribution in [2.75, 3.05) is 19.8 Å². The average molecular weight is 427 g/mol. The van der Waals surface area contributed by atoms with E-state index in [-0.39, 0.29) is 36.2 Å².